The van der Waals surface area contributed by atoms with E-state index in [2.05, 4.69) is 15.5 Å². The number of halogens is 3. The number of imide groups is 1. The third kappa shape index (κ3) is 9.35. The molecule has 0 atom stereocenters. The minimum atomic E-state index is -1.79. The normalized spacial score (nSPS) is 20.0. The van der Waals surface area contributed by atoms with E-state index in [0.717, 1.165) is 92.0 Å². The van der Waals surface area contributed by atoms with Gasteiger partial charge in [0.15, 0.2) is 17.4 Å². The average molecular weight is 894 g/mol. The quantitative estimate of drug-likeness (QED) is 0.126. The number of aryl methyl sites for hydroxylation is 1. The van der Waals surface area contributed by atoms with Crippen molar-refractivity contribution in [3.63, 3.8) is 0 Å². The molecule has 5 heterocycles. The van der Waals surface area contributed by atoms with Crippen LogP contribution in [0.4, 0.5) is 29.6 Å². The van der Waals surface area contributed by atoms with Gasteiger partial charge in [0.2, 0.25) is 17.7 Å². The Morgan fingerprint density at radius 3 is 2.26 bits per heavy atom. The van der Waals surface area contributed by atoms with Gasteiger partial charge in [-0.1, -0.05) is 18.2 Å². The number of nitrogens with zero attached hydrogens (tertiary/aromatic N) is 7. The van der Waals surface area contributed by atoms with Crippen molar-refractivity contribution in [2.45, 2.75) is 83.0 Å². The second-order valence-electron chi connectivity index (χ2n) is 17.5. The van der Waals surface area contributed by atoms with Crippen molar-refractivity contribution >= 4 is 46.3 Å². The lowest BCUT2D eigenvalue weighted by Gasteiger charge is -2.37. The topological polar surface area (TPSA) is 175 Å². The molecule has 0 unspecified atom stereocenters. The predicted molar refractivity (Wildman–Crippen MR) is 234 cm³/mol. The molecule has 1 aliphatic carbocycles. The zero-order chi connectivity index (χ0) is 45.4. The van der Waals surface area contributed by atoms with Gasteiger partial charge < -0.3 is 25.0 Å². The third-order valence-corrected chi connectivity index (χ3v) is 13.3. The largest absolute Gasteiger partial charge is 0.503 e. The Bertz CT molecular complexity index is 2620. The number of ether oxygens (including phenoxy) is 1. The van der Waals surface area contributed by atoms with Crippen molar-refractivity contribution in [3.05, 3.63) is 95.2 Å². The number of fused-ring (bicyclic) bond motifs is 1. The van der Waals surface area contributed by atoms with Gasteiger partial charge >= 0.3 is 6.03 Å². The van der Waals surface area contributed by atoms with E-state index < -0.39 is 40.7 Å². The number of amides is 5. The van der Waals surface area contributed by atoms with Crippen LogP contribution >= 0.6 is 0 Å². The minimum Gasteiger partial charge on any atom is -0.503 e. The third-order valence-electron chi connectivity index (χ3n) is 13.3. The van der Waals surface area contributed by atoms with Crippen molar-refractivity contribution < 1.29 is 42.2 Å². The molecule has 0 spiro atoms. The molecule has 3 aliphatic heterocycles. The van der Waals surface area contributed by atoms with Crippen molar-refractivity contribution in [1.29, 1.82) is 0 Å². The van der Waals surface area contributed by atoms with Crippen LogP contribution in [0.5, 0.6) is 5.75 Å². The van der Waals surface area contributed by atoms with Crippen molar-refractivity contribution in [2.24, 2.45) is 5.92 Å². The highest BCUT2D eigenvalue weighted by atomic mass is 19.2. The Hall–Kier alpha value is -6.56. The van der Waals surface area contributed by atoms with Gasteiger partial charge in [-0.05, 0) is 99.6 Å². The molecule has 5 amide bonds. The molecule has 65 heavy (non-hydrogen) atoms. The van der Waals surface area contributed by atoms with Gasteiger partial charge in [-0.3, -0.25) is 29.3 Å². The number of carbonyl (C=O) groups excluding carboxylic acids is 4. The molecule has 1 saturated carbocycles. The molecule has 3 aromatic carbocycles. The maximum absolute atomic E-state index is 14.2. The zero-order valence-corrected chi connectivity index (χ0v) is 35.9. The Balaban J connectivity index is 0.718. The number of likely N-dealkylation sites (tertiary alicyclic amines) is 1. The van der Waals surface area contributed by atoms with E-state index in [1.165, 1.54) is 4.90 Å². The van der Waals surface area contributed by atoms with Gasteiger partial charge in [0, 0.05) is 86.5 Å². The Labute approximate surface area is 372 Å². The standard InChI is InChI=1S/C47H50F3N9O6/c1-27-2-5-30(21-39(27)58-19-14-40(60)54-47(58)64)45(63)56-15-10-34(11-16-56)65-35-12-17-57(18-13-35)46-52-24-32(25-53-46)29-6-7-31-26-59(55-38(31)20-29)33-8-3-28(4-9-33)23-51-44(62)36-22-37(48)43(61)42(50)41(36)49/h2,5-7,20-22,24-26,28,33-35,61H,3-4,8-19,23H2,1H3,(H,51,62)(H,54,60,64). The van der Waals surface area contributed by atoms with Crippen LogP contribution in [0, 0.1) is 30.3 Å². The van der Waals surface area contributed by atoms with Crippen LogP contribution in [0.25, 0.3) is 22.0 Å². The SMILES string of the molecule is Cc1ccc(C(=O)N2CCC(OC3CCN(c4ncc(-c5ccc6cn(C7CCC(CNC(=O)c8cc(F)c(O)c(F)c8F)CC7)nc6c5)cn4)CC3)CC2)cc1N1CCC(=O)NC1=O. The monoisotopic (exact) mass is 893 g/mol. The second kappa shape index (κ2) is 18.5. The van der Waals surface area contributed by atoms with Crippen molar-refractivity contribution in [1.82, 2.24) is 35.3 Å². The number of benzene rings is 3. The molecular formula is C47H50F3N9O6. The molecule has 3 N–H and O–H groups in total. The second-order valence-corrected chi connectivity index (χ2v) is 17.5. The number of piperidine rings is 2. The van der Waals surface area contributed by atoms with Crippen molar-refractivity contribution in [2.75, 3.05) is 49.1 Å². The summed E-state index contributed by atoms with van der Waals surface area (Å²) >= 11 is 0. The highest BCUT2D eigenvalue weighted by molar-refractivity contribution is 6.06. The molecule has 0 bridgehead atoms. The number of aromatic hydroxyl groups is 1. The van der Waals surface area contributed by atoms with Gasteiger partial charge in [0.05, 0.1) is 29.3 Å². The molecular weight excluding hydrogens is 844 g/mol. The fourth-order valence-electron chi connectivity index (χ4n) is 9.40. The summed E-state index contributed by atoms with van der Waals surface area (Å²) in [5.41, 5.74) is 3.89. The lowest BCUT2D eigenvalue weighted by Crippen LogP contribution is -2.50. The zero-order valence-electron chi connectivity index (χ0n) is 35.9. The Morgan fingerprint density at radius 2 is 1.55 bits per heavy atom. The average Bonchev–Trinajstić information content (AvgIpc) is 3.76. The number of phenolic OH excluding ortho intramolecular Hbond substituents is 1. The highest BCUT2D eigenvalue weighted by Gasteiger charge is 2.31. The van der Waals surface area contributed by atoms with E-state index in [1.807, 2.05) is 59.4 Å². The highest BCUT2D eigenvalue weighted by Crippen LogP contribution is 2.34. The van der Waals surface area contributed by atoms with Gasteiger partial charge in [0.25, 0.3) is 11.8 Å². The van der Waals surface area contributed by atoms with Crippen LogP contribution in [-0.2, 0) is 9.53 Å². The summed E-state index contributed by atoms with van der Waals surface area (Å²) in [6.45, 7) is 5.08. The van der Waals surface area contributed by atoms with E-state index in [9.17, 15) is 37.5 Å². The van der Waals surface area contributed by atoms with Crippen LogP contribution < -0.4 is 20.4 Å². The number of hydrogen-bond donors (Lipinski definition) is 3. The van der Waals surface area contributed by atoms with Crippen LogP contribution in [0.2, 0.25) is 0 Å². The summed E-state index contributed by atoms with van der Waals surface area (Å²) in [5.74, 6) is -6.77. The maximum Gasteiger partial charge on any atom is 0.328 e. The van der Waals surface area contributed by atoms with Gasteiger partial charge in [0.1, 0.15) is 0 Å². The fourth-order valence-corrected chi connectivity index (χ4v) is 9.40. The first kappa shape index (κ1) is 43.7. The summed E-state index contributed by atoms with van der Waals surface area (Å²) in [5, 5.41) is 20.1. The molecule has 5 aromatic rings. The lowest BCUT2D eigenvalue weighted by molar-refractivity contribution is -0.120. The summed E-state index contributed by atoms with van der Waals surface area (Å²) in [6.07, 6.45) is 12.5. The molecule has 0 radical (unpaired) electrons. The van der Waals surface area contributed by atoms with Crippen LogP contribution in [0.3, 0.4) is 0 Å². The number of anilines is 2. The van der Waals surface area contributed by atoms with Gasteiger partial charge in [-0.25, -0.2) is 23.5 Å². The summed E-state index contributed by atoms with van der Waals surface area (Å²) in [6, 6.07) is 11.7. The Kier molecular flexibility index (Phi) is 12.4. The molecule has 340 valence electrons. The van der Waals surface area contributed by atoms with Gasteiger partial charge in [-0.15, -0.1) is 0 Å². The molecule has 18 heteroatoms. The van der Waals surface area contributed by atoms with E-state index in [0.29, 0.717) is 36.4 Å². The van der Waals surface area contributed by atoms with E-state index in [1.54, 1.807) is 12.1 Å². The summed E-state index contributed by atoms with van der Waals surface area (Å²) in [7, 11) is 0. The number of carbonyl (C=O) groups is 4. The summed E-state index contributed by atoms with van der Waals surface area (Å²) in [4.78, 5) is 65.1. The van der Waals surface area contributed by atoms with E-state index >= 15 is 0 Å². The van der Waals surface area contributed by atoms with Crippen LogP contribution in [0.1, 0.15) is 90.1 Å². The number of phenols is 1. The smallest absolute Gasteiger partial charge is 0.328 e. The number of urea groups is 1. The number of rotatable bonds is 10. The van der Waals surface area contributed by atoms with Crippen molar-refractivity contribution in [3.8, 4) is 16.9 Å². The lowest BCUT2D eigenvalue weighted by atomic mass is 9.86. The molecule has 4 fully saturated rings. The first-order valence-electron chi connectivity index (χ1n) is 22.3. The molecule has 15 nitrogen and oxygen atoms in total. The number of aromatic nitrogens is 4. The predicted octanol–water partition coefficient (Wildman–Crippen LogP) is 6.82. The molecule has 3 saturated heterocycles. The molecule has 2 aromatic heterocycles. The minimum absolute atomic E-state index is 0.0663. The van der Waals surface area contributed by atoms with Gasteiger partial charge in [-0.2, -0.15) is 9.49 Å². The maximum atomic E-state index is 14.2. The van der Waals surface area contributed by atoms with Crippen LogP contribution in [0.15, 0.2) is 61.1 Å². The molecule has 9 rings (SSSR count). The van der Waals surface area contributed by atoms with E-state index in [-0.39, 0.29) is 55.5 Å². The van der Waals surface area contributed by atoms with Crippen LogP contribution in [-0.4, -0.2) is 105 Å². The molecule has 4 aliphatic rings. The summed E-state index contributed by atoms with van der Waals surface area (Å²) < 4.78 is 50.2. The Morgan fingerprint density at radius 1 is 0.846 bits per heavy atom. The first-order chi connectivity index (χ1) is 31.4. The number of hydrogen-bond acceptors (Lipinski definition) is 10. The fraction of sp³-hybridized carbons (Fsp3) is 0.426. The number of nitrogens with one attached hydrogen (secondary N) is 2. The van der Waals surface area contributed by atoms with E-state index in [4.69, 9.17) is 19.8 Å². The first-order valence-corrected chi connectivity index (χ1v) is 22.3.